The quantitative estimate of drug-likeness (QED) is 0.290. The van der Waals surface area contributed by atoms with Gasteiger partial charge in [0.2, 0.25) is 0 Å². The Kier molecular flexibility index (Phi) is 4.03. The molecule has 2 radical (unpaired) electrons. The van der Waals surface area contributed by atoms with Gasteiger partial charge in [0.05, 0.1) is 15.0 Å². The van der Waals surface area contributed by atoms with Crippen molar-refractivity contribution in [3.8, 4) is 0 Å². The van der Waals surface area contributed by atoms with Crippen LogP contribution in [-0.4, -0.2) is 20.9 Å². The maximum atomic E-state index is 10.2. The van der Waals surface area contributed by atoms with E-state index in [2.05, 4.69) is 4.74 Å². The van der Waals surface area contributed by atoms with Crippen LogP contribution in [0.1, 0.15) is 0 Å². The van der Waals surface area contributed by atoms with E-state index in [0.717, 1.165) is 0 Å². The second kappa shape index (κ2) is 4.43. The van der Waals surface area contributed by atoms with Crippen molar-refractivity contribution < 1.29 is 9.53 Å². The van der Waals surface area contributed by atoms with E-state index in [4.69, 9.17) is 7.85 Å². The van der Waals surface area contributed by atoms with Crippen LogP contribution in [0, 0.1) is 0 Å². The summed E-state index contributed by atoms with van der Waals surface area (Å²) in [5.74, 6) is -0.365. The summed E-state index contributed by atoms with van der Waals surface area (Å²) in [6.45, 7) is 0. The molecule has 0 atom stereocenters. The molecule has 3 heteroatoms. The molecule has 0 saturated heterocycles. The van der Waals surface area contributed by atoms with Crippen LogP contribution in [0.3, 0.4) is 0 Å². The minimum Gasteiger partial charge on any atom is -0.466 e. The molecule has 0 rings (SSSR count). The molecule has 0 aliphatic rings. The first kappa shape index (κ1) is 7.27. The van der Waals surface area contributed by atoms with Gasteiger partial charge in [-0.15, -0.1) is 0 Å². The highest BCUT2D eigenvalue weighted by Crippen LogP contribution is 1.79. The Morgan fingerprint density at radius 3 is 2.88 bits per heavy atom. The van der Waals surface area contributed by atoms with E-state index in [1.165, 1.54) is 19.3 Å². The topological polar surface area (TPSA) is 26.3 Å². The molecule has 0 saturated carbocycles. The zero-order chi connectivity index (χ0) is 6.41. The van der Waals surface area contributed by atoms with Gasteiger partial charge in [-0.2, -0.15) is 0 Å². The highest BCUT2D eigenvalue weighted by Gasteiger charge is 1.85. The van der Waals surface area contributed by atoms with E-state index in [1.807, 2.05) is 0 Å². The molecule has 0 spiro atoms. The van der Waals surface area contributed by atoms with Crippen LogP contribution < -0.4 is 0 Å². The second-order valence-corrected chi connectivity index (χ2v) is 1.16. The number of allylic oxidation sites excluding steroid dienone is 1. The third-order valence-corrected chi connectivity index (χ3v) is 0.591. The average molecular weight is 110 g/mol. The lowest BCUT2D eigenvalue weighted by Crippen LogP contribution is -1.92. The summed E-state index contributed by atoms with van der Waals surface area (Å²) in [5, 5.41) is 0. The van der Waals surface area contributed by atoms with Crippen molar-refractivity contribution in [2.75, 3.05) is 7.11 Å². The summed E-state index contributed by atoms with van der Waals surface area (Å²) in [7, 11) is 6.36. The maximum absolute atomic E-state index is 10.2. The summed E-state index contributed by atoms with van der Waals surface area (Å²) in [5.41, 5.74) is 0. The fourth-order valence-corrected chi connectivity index (χ4v) is 0.232. The zero-order valence-corrected chi connectivity index (χ0v) is 4.76. The molecule has 8 heavy (non-hydrogen) atoms. The van der Waals surface area contributed by atoms with Gasteiger partial charge in [-0.05, 0) is 0 Å². The molecule has 0 amide bonds. The number of carbonyl (C=O) groups is 1. The Morgan fingerprint density at radius 1 is 1.88 bits per heavy atom. The number of carbonyl (C=O) groups excluding carboxylic acids is 1. The van der Waals surface area contributed by atoms with E-state index in [9.17, 15) is 4.79 Å². The van der Waals surface area contributed by atoms with Crippen molar-refractivity contribution in [2.45, 2.75) is 6.32 Å². The van der Waals surface area contributed by atoms with Crippen LogP contribution in [0.5, 0.6) is 0 Å². The zero-order valence-electron chi connectivity index (χ0n) is 4.76. The van der Waals surface area contributed by atoms with Crippen molar-refractivity contribution in [3.63, 3.8) is 0 Å². The van der Waals surface area contributed by atoms with Gasteiger partial charge in [-0.1, -0.05) is 12.4 Å². The summed E-state index contributed by atoms with van der Waals surface area (Å²) >= 11 is 0. The minimum atomic E-state index is -0.365. The number of hydrogen-bond acceptors (Lipinski definition) is 2. The molecule has 0 aliphatic heterocycles. The number of ether oxygens (including phenoxy) is 1. The molecule has 0 aromatic carbocycles. The number of hydrogen-bond donors (Lipinski definition) is 0. The van der Waals surface area contributed by atoms with Crippen molar-refractivity contribution in [3.05, 3.63) is 12.2 Å². The second-order valence-electron chi connectivity index (χ2n) is 1.16. The average Bonchev–Trinajstić information content (AvgIpc) is 1.83. The van der Waals surface area contributed by atoms with E-state index in [1.54, 1.807) is 0 Å². The van der Waals surface area contributed by atoms with Crippen molar-refractivity contribution in [2.24, 2.45) is 0 Å². The van der Waals surface area contributed by atoms with Crippen LogP contribution in [0.15, 0.2) is 12.2 Å². The molecule has 0 aromatic rings. The minimum absolute atomic E-state index is 0.365. The Bertz CT molecular complexity index is 98.6. The van der Waals surface area contributed by atoms with Gasteiger partial charge in [0.15, 0.2) is 0 Å². The molecule has 0 bridgehead atoms. The molecule has 2 nitrogen and oxygen atoms in total. The van der Waals surface area contributed by atoms with Crippen molar-refractivity contribution in [1.29, 1.82) is 0 Å². The fourth-order valence-electron chi connectivity index (χ4n) is 0.232. The predicted octanol–water partition coefficient (Wildman–Crippen LogP) is 0.302. The standard InChI is InChI=1S/C5H7BO2/c1-8-5(7)3-2-4-6/h2-3H,4H2,1H3/b3-2+. The highest BCUT2D eigenvalue weighted by atomic mass is 16.5. The normalized spacial score (nSPS) is 9.62. The Hall–Kier alpha value is -0.725. The Labute approximate surface area is 49.9 Å². The van der Waals surface area contributed by atoms with Crippen LogP contribution in [0.4, 0.5) is 0 Å². The van der Waals surface area contributed by atoms with Crippen molar-refractivity contribution in [1.82, 2.24) is 0 Å². The molecule has 0 fully saturated rings. The molecule has 0 unspecified atom stereocenters. The first-order valence-corrected chi connectivity index (χ1v) is 2.26. The van der Waals surface area contributed by atoms with Gasteiger partial charge < -0.3 is 4.74 Å². The molecule has 0 aromatic heterocycles. The lowest BCUT2D eigenvalue weighted by Gasteiger charge is -1.86. The lowest BCUT2D eigenvalue weighted by atomic mass is 10.1. The third-order valence-electron chi connectivity index (χ3n) is 0.591. The van der Waals surface area contributed by atoms with Gasteiger partial charge in [-0.3, -0.25) is 0 Å². The van der Waals surface area contributed by atoms with Crippen LogP contribution in [-0.2, 0) is 9.53 Å². The first-order chi connectivity index (χ1) is 3.81. The van der Waals surface area contributed by atoms with Crippen LogP contribution in [0.25, 0.3) is 0 Å². The van der Waals surface area contributed by atoms with Gasteiger partial charge in [0.25, 0.3) is 0 Å². The smallest absolute Gasteiger partial charge is 0.330 e. The SMILES string of the molecule is [B]C/C=C/C(=O)OC. The van der Waals surface area contributed by atoms with E-state index >= 15 is 0 Å². The van der Waals surface area contributed by atoms with E-state index < -0.39 is 0 Å². The highest BCUT2D eigenvalue weighted by molar-refractivity contribution is 6.09. The van der Waals surface area contributed by atoms with Gasteiger partial charge in [0, 0.05) is 6.08 Å². The fraction of sp³-hybridized carbons (Fsp3) is 0.400. The van der Waals surface area contributed by atoms with Gasteiger partial charge in [-0.25, -0.2) is 4.79 Å². The molecule has 0 aliphatic carbocycles. The molecule has 0 heterocycles. The molecular weight excluding hydrogens is 103 g/mol. The summed E-state index contributed by atoms with van der Waals surface area (Å²) in [4.78, 5) is 10.2. The predicted molar refractivity (Wildman–Crippen MR) is 31.7 cm³/mol. The van der Waals surface area contributed by atoms with Crippen molar-refractivity contribution >= 4 is 13.8 Å². The largest absolute Gasteiger partial charge is 0.466 e. The first-order valence-electron chi connectivity index (χ1n) is 2.26. The van der Waals surface area contributed by atoms with Gasteiger partial charge >= 0.3 is 5.97 Å². The van der Waals surface area contributed by atoms with Crippen LogP contribution in [0.2, 0.25) is 6.32 Å². The molecular formula is C5H7BO2. The van der Waals surface area contributed by atoms with Gasteiger partial charge in [0.1, 0.15) is 0 Å². The Morgan fingerprint density at radius 2 is 2.50 bits per heavy atom. The summed E-state index contributed by atoms with van der Waals surface area (Å²) < 4.78 is 4.27. The van der Waals surface area contributed by atoms with E-state index in [0.29, 0.717) is 6.32 Å². The third kappa shape index (κ3) is 3.46. The maximum Gasteiger partial charge on any atom is 0.330 e. The summed E-state index contributed by atoms with van der Waals surface area (Å²) in [6, 6.07) is 0. The number of esters is 1. The lowest BCUT2D eigenvalue weighted by molar-refractivity contribution is -0.134. The monoisotopic (exact) mass is 110 g/mol. The summed E-state index contributed by atoms with van der Waals surface area (Å²) in [6.07, 6.45) is 3.20. The molecule has 42 valence electrons. The number of rotatable bonds is 2. The number of methoxy groups -OCH3 is 1. The Balaban J connectivity index is 3.37. The van der Waals surface area contributed by atoms with E-state index in [-0.39, 0.29) is 5.97 Å². The van der Waals surface area contributed by atoms with Crippen LogP contribution >= 0.6 is 0 Å². The molecule has 0 N–H and O–H groups in total.